The fourth-order valence-corrected chi connectivity index (χ4v) is 3.90. The second-order valence-corrected chi connectivity index (χ2v) is 9.15. The lowest BCUT2D eigenvalue weighted by molar-refractivity contribution is -0.142. The van der Waals surface area contributed by atoms with Gasteiger partial charge in [0, 0.05) is 24.4 Å². The number of hydrogen-bond acceptors (Lipinski definition) is 4. The standard InChI is InChI=1S/C26H32N2O4/c1-5-32-24(30)21-17-20(18-9-7-6-8-10-18)11-12-22(21)27-23(29)19-13-15-28(16-14-19)25(31)26(2,3)4/h6-12,17,19H,5,13-16H2,1-4H3,(H,27,29). The predicted octanol–water partition coefficient (Wildman–Crippen LogP) is 4.75. The number of nitrogens with one attached hydrogen (secondary N) is 1. The number of carbonyl (C=O) groups is 3. The van der Waals surface area contributed by atoms with E-state index in [1.54, 1.807) is 19.1 Å². The lowest BCUT2D eigenvalue weighted by Gasteiger charge is -2.35. The number of likely N-dealkylation sites (tertiary alicyclic amines) is 1. The first kappa shape index (κ1) is 23.5. The largest absolute Gasteiger partial charge is 0.462 e. The quantitative estimate of drug-likeness (QED) is 0.686. The lowest BCUT2D eigenvalue weighted by atomic mass is 9.90. The molecule has 0 atom stereocenters. The van der Waals surface area contributed by atoms with Crippen LogP contribution in [0.3, 0.4) is 0 Å². The van der Waals surface area contributed by atoms with E-state index in [1.807, 2.05) is 62.1 Å². The molecular formula is C26H32N2O4. The van der Waals surface area contributed by atoms with Crippen molar-refractivity contribution in [1.29, 1.82) is 0 Å². The molecule has 2 aromatic carbocycles. The van der Waals surface area contributed by atoms with Crippen molar-refractivity contribution in [2.24, 2.45) is 11.3 Å². The summed E-state index contributed by atoms with van der Waals surface area (Å²) < 4.78 is 5.22. The minimum atomic E-state index is -0.467. The maximum absolute atomic E-state index is 13.0. The molecule has 6 heteroatoms. The van der Waals surface area contributed by atoms with E-state index in [0.29, 0.717) is 37.2 Å². The summed E-state index contributed by atoms with van der Waals surface area (Å²) in [6.45, 7) is 8.85. The second kappa shape index (κ2) is 9.98. The Morgan fingerprint density at radius 3 is 2.25 bits per heavy atom. The number of hydrogen-bond donors (Lipinski definition) is 1. The Bertz CT molecular complexity index is 971. The molecule has 0 unspecified atom stereocenters. The minimum Gasteiger partial charge on any atom is -0.462 e. The molecule has 6 nitrogen and oxygen atoms in total. The van der Waals surface area contributed by atoms with E-state index in [4.69, 9.17) is 4.74 Å². The third-order valence-electron chi connectivity index (χ3n) is 5.67. The van der Waals surface area contributed by atoms with E-state index >= 15 is 0 Å². The molecule has 2 amide bonds. The van der Waals surface area contributed by atoms with Crippen molar-refractivity contribution in [2.75, 3.05) is 25.0 Å². The Morgan fingerprint density at radius 2 is 1.66 bits per heavy atom. The Kier molecular flexibility index (Phi) is 7.33. The summed E-state index contributed by atoms with van der Waals surface area (Å²) in [6.07, 6.45) is 1.20. The molecule has 0 aliphatic carbocycles. The Morgan fingerprint density at radius 1 is 1.00 bits per heavy atom. The highest BCUT2D eigenvalue weighted by Gasteiger charge is 2.32. The maximum atomic E-state index is 13.0. The molecule has 170 valence electrons. The van der Waals surface area contributed by atoms with Gasteiger partial charge < -0.3 is 15.0 Å². The highest BCUT2D eigenvalue weighted by atomic mass is 16.5. The van der Waals surface area contributed by atoms with Crippen LogP contribution >= 0.6 is 0 Å². The monoisotopic (exact) mass is 436 g/mol. The van der Waals surface area contributed by atoms with Gasteiger partial charge in [0.25, 0.3) is 0 Å². The third kappa shape index (κ3) is 5.55. The average molecular weight is 437 g/mol. The highest BCUT2D eigenvalue weighted by molar-refractivity contribution is 6.03. The van der Waals surface area contributed by atoms with Crippen molar-refractivity contribution in [3.05, 3.63) is 54.1 Å². The summed E-state index contributed by atoms with van der Waals surface area (Å²) in [6, 6.07) is 15.1. The summed E-state index contributed by atoms with van der Waals surface area (Å²) in [7, 11) is 0. The fourth-order valence-electron chi connectivity index (χ4n) is 3.90. The Balaban J connectivity index is 1.74. The molecule has 32 heavy (non-hydrogen) atoms. The third-order valence-corrected chi connectivity index (χ3v) is 5.67. The molecule has 2 aromatic rings. The normalized spacial score (nSPS) is 14.7. The number of rotatable bonds is 5. The average Bonchev–Trinajstić information content (AvgIpc) is 2.79. The topological polar surface area (TPSA) is 75.7 Å². The molecule has 0 spiro atoms. The van der Waals surface area contributed by atoms with Gasteiger partial charge in [-0.2, -0.15) is 0 Å². The molecular weight excluding hydrogens is 404 g/mol. The number of esters is 1. The van der Waals surface area contributed by atoms with Gasteiger partial charge in [-0.3, -0.25) is 9.59 Å². The molecule has 0 radical (unpaired) electrons. The minimum absolute atomic E-state index is 0.109. The zero-order chi connectivity index (χ0) is 23.3. The van der Waals surface area contributed by atoms with Crippen LogP contribution in [0.15, 0.2) is 48.5 Å². The smallest absolute Gasteiger partial charge is 0.340 e. The van der Waals surface area contributed by atoms with Crippen LogP contribution in [-0.4, -0.2) is 42.4 Å². The van der Waals surface area contributed by atoms with Crippen LogP contribution in [0.1, 0.15) is 50.9 Å². The zero-order valence-corrected chi connectivity index (χ0v) is 19.3. The van der Waals surface area contributed by atoms with E-state index in [0.717, 1.165) is 11.1 Å². The maximum Gasteiger partial charge on any atom is 0.340 e. The van der Waals surface area contributed by atoms with Crippen LogP contribution in [0.4, 0.5) is 5.69 Å². The van der Waals surface area contributed by atoms with E-state index < -0.39 is 11.4 Å². The number of piperidine rings is 1. The molecule has 1 heterocycles. The van der Waals surface area contributed by atoms with Crippen LogP contribution in [0.5, 0.6) is 0 Å². The van der Waals surface area contributed by atoms with E-state index in [-0.39, 0.29) is 24.3 Å². The van der Waals surface area contributed by atoms with Crippen molar-refractivity contribution in [2.45, 2.75) is 40.5 Å². The van der Waals surface area contributed by atoms with Crippen molar-refractivity contribution in [3.63, 3.8) is 0 Å². The molecule has 0 aromatic heterocycles. The van der Waals surface area contributed by atoms with Crippen LogP contribution in [-0.2, 0) is 14.3 Å². The van der Waals surface area contributed by atoms with Gasteiger partial charge in [-0.05, 0) is 43.0 Å². The van der Waals surface area contributed by atoms with Crippen molar-refractivity contribution >= 4 is 23.5 Å². The molecule has 0 saturated carbocycles. The highest BCUT2D eigenvalue weighted by Crippen LogP contribution is 2.28. The van der Waals surface area contributed by atoms with Gasteiger partial charge in [0.05, 0.1) is 17.9 Å². The van der Waals surface area contributed by atoms with Gasteiger partial charge in [-0.15, -0.1) is 0 Å². The molecule has 1 fully saturated rings. The van der Waals surface area contributed by atoms with Gasteiger partial charge in [0.1, 0.15) is 0 Å². The van der Waals surface area contributed by atoms with Gasteiger partial charge in [-0.25, -0.2) is 4.79 Å². The molecule has 1 aliphatic rings. The number of ether oxygens (including phenoxy) is 1. The molecule has 1 saturated heterocycles. The van der Waals surface area contributed by atoms with Crippen molar-refractivity contribution in [3.8, 4) is 11.1 Å². The molecule has 1 aliphatic heterocycles. The SMILES string of the molecule is CCOC(=O)c1cc(-c2ccccc2)ccc1NC(=O)C1CCN(C(=O)C(C)(C)C)CC1. The van der Waals surface area contributed by atoms with Gasteiger partial charge in [0.2, 0.25) is 11.8 Å². The number of amides is 2. The fraction of sp³-hybridized carbons (Fsp3) is 0.423. The molecule has 1 N–H and O–H groups in total. The van der Waals surface area contributed by atoms with Crippen LogP contribution in [0, 0.1) is 11.3 Å². The van der Waals surface area contributed by atoms with Gasteiger partial charge in [0.15, 0.2) is 0 Å². The summed E-state index contributed by atoms with van der Waals surface area (Å²) in [5.74, 6) is -0.697. The molecule has 3 rings (SSSR count). The summed E-state index contributed by atoms with van der Waals surface area (Å²) in [4.78, 5) is 39.9. The van der Waals surface area contributed by atoms with Gasteiger partial charge >= 0.3 is 5.97 Å². The number of anilines is 1. The second-order valence-electron chi connectivity index (χ2n) is 9.15. The van der Waals surface area contributed by atoms with Crippen LogP contribution < -0.4 is 5.32 Å². The van der Waals surface area contributed by atoms with Crippen molar-refractivity contribution < 1.29 is 19.1 Å². The lowest BCUT2D eigenvalue weighted by Crippen LogP contribution is -2.45. The van der Waals surface area contributed by atoms with E-state index in [2.05, 4.69) is 5.32 Å². The van der Waals surface area contributed by atoms with E-state index in [1.165, 1.54) is 0 Å². The first-order valence-electron chi connectivity index (χ1n) is 11.2. The summed E-state index contributed by atoms with van der Waals surface area (Å²) in [5, 5.41) is 2.93. The summed E-state index contributed by atoms with van der Waals surface area (Å²) >= 11 is 0. The summed E-state index contributed by atoms with van der Waals surface area (Å²) in [5.41, 5.74) is 2.21. The number of carbonyl (C=O) groups excluding carboxylic acids is 3. The van der Waals surface area contributed by atoms with E-state index in [9.17, 15) is 14.4 Å². The van der Waals surface area contributed by atoms with Crippen LogP contribution in [0.25, 0.3) is 11.1 Å². The molecule has 0 bridgehead atoms. The predicted molar refractivity (Wildman–Crippen MR) is 125 cm³/mol. The Labute approximate surface area is 189 Å². The number of benzene rings is 2. The first-order chi connectivity index (χ1) is 15.2. The Hall–Kier alpha value is -3.15. The van der Waals surface area contributed by atoms with Gasteiger partial charge in [-0.1, -0.05) is 57.2 Å². The number of nitrogens with zero attached hydrogens (tertiary/aromatic N) is 1. The van der Waals surface area contributed by atoms with Crippen molar-refractivity contribution in [1.82, 2.24) is 4.90 Å². The van der Waals surface area contributed by atoms with Crippen LogP contribution in [0.2, 0.25) is 0 Å². The zero-order valence-electron chi connectivity index (χ0n) is 19.3. The first-order valence-corrected chi connectivity index (χ1v) is 11.2.